The number of H-pyrrole nitrogens is 1. The summed E-state index contributed by atoms with van der Waals surface area (Å²) >= 11 is 0. The van der Waals surface area contributed by atoms with E-state index in [0.717, 1.165) is 18.6 Å². The van der Waals surface area contributed by atoms with Crippen molar-refractivity contribution in [3.8, 4) is 11.5 Å². The Morgan fingerprint density at radius 1 is 1.41 bits per heavy atom. The summed E-state index contributed by atoms with van der Waals surface area (Å²) in [4.78, 5) is 24.1. The molecule has 1 aliphatic heterocycles. The Morgan fingerprint density at radius 3 is 3.05 bits per heavy atom. The van der Waals surface area contributed by atoms with Crippen molar-refractivity contribution in [2.24, 2.45) is 0 Å². The number of furan rings is 1. The molecule has 0 saturated carbocycles. The second kappa shape index (κ2) is 6.05. The van der Waals surface area contributed by atoms with Gasteiger partial charge in [-0.3, -0.25) is 14.7 Å². The Morgan fingerprint density at radius 2 is 2.27 bits per heavy atom. The topological polar surface area (TPSA) is 100 Å². The lowest BCUT2D eigenvalue weighted by Crippen LogP contribution is -2.45. The normalized spacial score (nSPS) is 18.6. The Labute approximate surface area is 127 Å². The van der Waals surface area contributed by atoms with Crippen LogP contribution in [0.25, 0.3) is 11.5 Å². The third-order valence-electron chi connectivity index (χ3n) is 3.66. The zero-order valence-electron chi connectivity index (χ0n) is 12.3. The predicted octanol–water partition coefficient (Wildman–Crippen LogP) is 1.38. The number of aryl methyl sites for hydroxylation is 1. The van der Waals surface area contributed by atoms with Crippen molar-refractivity contribution in [3.63, 3.8) is 0 Å². The Bertz CT molecular complexity index is 689. The molecule has 1 fully saturated rings. The van der Waals surface area contributed by atoms with Gasteiger partial charge in [-0.25, -0.2) is 0 Å². The number of amides is 2. The molecular formula is C15H18N4O3. The molecule has 3 heterocycles. The smallest absolute Gasteiger partial charge is 0.272 e. The van der Waals surface area contributed by atoms with Crippen molar-refractivity contribution in [2.75, 3.05) is 6.54 Å². The molecule has 1 aliphatic rings. The zero-order chi connectivity index (χ0) is 15.5. The minimum absolute atomic E-state index is 0.136. The van der Waals surface area contributed by atoms with Gasteiger partial charge in [-0.15, -0.1) is 0 Å². The lowest BCUT2D eigenvalue weighted by atomic mass is 10.1. The van der Waals surface area contributed by atoms with Crippen LogP contribution in [-0.2, 0) is 4.79 Å². The average Bonchev–Trinajstić information content (AvgIpc) is 3.09. The highest BCUT2D eigenvalue weighted by Crippen LogP contribution is 2.20. The van der Waals surface area contributed by atoms with Crippen LogP contribution in [0.1, 0.15) is 35.5 Å². The van der Waals surface area contributed by atoms with Gasteiger partial charge in [0.2, 0.25) is 5.91 Å². The van der Waals surface area contributed by atoms with Gasteiger partial charge in [0.25, 0.3) is 5.91 Å². The molecule has 0 aliphatic carbocycles. The number of hydrogen-bond acceptors (Lipinski definition) is 4. The largest absolute Gasteiger partial charge is 0.460 e. The van der Waals surface area contributed by atoms with Gasteiger partial charge >= 0.3 is 0 Å². The van der Waals surface area contributed by atoms with Gasteiger partial charge in [0.05, 0.1) is 0 Å². The maximum atomic E-state index is 12.2. The lowest BCUT2D eigenvalue weighted by Gasteiger charge is -2.13. The molecule has 1 atom stereocenters. The minimum atomic E-state index is -0.499. The Balaban J connectivity index is 1.70. The Kier molecular flexibility index (Phi) is 3.95. The second-order valence-electron chi connectivity index (χ2n) is 5.39. The van der Waals surface area contributed by atoms with Crippen LogP contribution in [0.2, 0.25) is 0 Å². The fourth-order valence-corrected chi connectivity index (χ4v) is 2.45. The first kappa shape index (κ1) is 14.4. The molecule has 1 saturated heterocycles. The van der Waals surface area contributed by atoms with Gasteiger partial charge in [-0.1, -0.05) is 0 Å². The van der Waals surface area contributed by atoms with Crippen LogP contribution in [0.3, 0.4) is 0 Å². The molecule has 2 amide bonds. The van der Waals surface area contributed by atoms with Crippen LogP contribution >= 0.6 is 0 Å². The molecule has 0 radical (unpaired) electrons. The fraction of sp³-hybridized carbons (Fsp3) is 0.400. The number of aromatic nitrogens is 2. The Hall–Kier alpha value is -2.57. The van der Waals surface area contributed by atoms with Gasteiger partial charge in [0.15, 0.2) is 11.5 Å². The highest BCUT2D eigenvalue weighted by Gasteiger charge is 2.24. The number of carbonyl (C=O) groups is 2. The molecule has 0 unspecified atom stereocenters. The summed E-state index contributed by atoms with van der Waals surface area (Å²) < 4.78 is 5.48. The average molecular weight is 302 g/mol. The molecule has 7 nitrogen and oxygen atoms in total. The molecule has 7 heteroatoms. The molecule has 0 spiro atoms. The van der Waals surface area contributed by atoms with Crippen LogP contribution in [0.4, 0.5) is 0 Å². The molecule has 2 aromatic heterocycles. The summed E-state index contributed by atoms with van der Waals surface area (Å²) in [6, 6.07) is 4.76. The molecular weight excluding hydrogens is 284 g/mol. The zero-order valence-corrected chi connectivity index (χ0v) is 12.3. The van der Waals surface area contributed by atoms with Gasteiger partial charge < -0.3 is 15.1 Å². The number of carbonyl (C=O) groups excluding carboxylic acids is 2. The van der Waals surface area contributed by atoms with Crippen molar-refractivity contribution in [1.29, 1.82) is 0 Å². The third kappa shape index (κ3) is 3.03. The molecule has 0 aromatic carbocycles. The van der Waals surface area contributed by atoms with Crippen LogP contribution in [0.5, 0.6) is 0 Å². The van der Waals surface area contributed by atoms with Crippen LogP contribution < -0.4 is 10.6 Å². The number of hydrogen-bond donors (Lipinski definition) is 3. The summed E-state index contributed by atoms with van der Waals surface area (Å²) in [6.45, 7) is 2.51. The fourth-order valence-electron chi connectivity index (χ4n) is 2.45. The van der Waals surface area contributed by atoms with E-state index >= 15 is 0 Å². The van der Waals surface area contributed by atoms with Crippen molar-refractivity contribution < 1.29 is 14.0 Å². The maximum absolute atomic E-state index is 12.2. The van der Waals surface area contributed by atoms with Gasteiger partial charge in [-0.05, 0) is 38.3 Å². The molecule has 22 heavy (non-hydrogen) atoms. The summed E-state index contributed by atoms with van der Waals surface area (Å²) in [5.74, 6) is 0.901. The summed E-state index contributed by atoms with van der Waals surface area (Å²) in [5.41, 5.74) is 0.865. The van der Waals surface area contributed by atoms with Crippen molar-refractivity contribution in [1.82, 2.24) is 20.8 Å². The van der Waals surface area contributed by atoms with E-state index in [9.17, 15) is 9.59 Å². The van der Waals surface area contributed by atoms with E-state index in [-0.39, 0.29) is 17.5 Å². The van der Waals surface area contributed by atoms with Crippen LogP contribution in [0, 0.1) is 6.92 Å². The summed E-state index contributed by atoms with van der Waals surface area (Å²) in [5, 5.41) is 12.3. The van der Waals surface area contributed by atoms with E-state index in [1.54, 1.807) is 6.07 Å². The van der Waals surface area contributed by atoms with Crippen molar-refractivity contribution in [3.05, 3.63) is 29.7 Å². The lowest BCUT2D eigenvalue weighted by molar-refractivity contribution is -0.122. The number of aromatic amines is 1. The molecule has 3 rings (SSSR count). The third-order valence-corrected chi connectivity index (χ3v) is 3.66. The second-order valence-corrected chi connectivity index (χ2v) is 5.39. The minimum Gasteiger partial charge on any atom is -0.460 e. The highest BCUT2D eigenvalue weighted by atomic mass is 16.3. The number of nitrogens with one attached hydrogen (secondary N) is 3. The van der Waals surface area contributed by atoms with Crippen molar-refractivity contribution >= 4 is 11.8 Å². The first-order chi connectivity index (χ1) is 10.6. The van der Waals surface area contributed by atoms with E-state index in [1.807, 2.05) is 19.1 Å². The van der Waals surface area contributed by atoms with E-state index in [1.165, 1.54) is 0 Å². The van der Waals surface area contributed by atoms with E-state index in [0.29, 0.717) is 24.4 Å². The number of nitrogens with zero attached hydrogens (tertiary/aromatic N) is 1. The van der Waals surface area contributed by atoms with E-state index < -0.39 is 6.04 Å². The first-order valence-corrected chi connectivity index (χ1v) is 7.34. The van der Waals surface area contributed by atoms with E-state index in [2.05, 4.69) is 20.8 Å². The summed E-state index contributed by atoms with van der Waals surface area (Å²) in [7, 11) is 0. The summed E-state index contributed by atoms with van der Waals surface area (Å²) in [6.07, 6.45) is 2.48. The SMILES string of the molecule is Cc1ccc(-c2cc(C(=O)N[C@H]3CCCCNC3=O)n[nH]2)o1. The van der Waals surface area contributed by atoms with E-state index in [4.69, 9.17) is 4.42 Å². The van der Waals surface area contributed by atoms with Gasteiger partial charge in [0.1, 0.15) is 17.5 Å². The van der Waals surface area contributed by atoms with Gasteiger partial charge in [-0.2, -0.15) is 5.10 Å². The molecule has 116 valence electrons. The first-order valence-electron chi connectivity index (χ1n) is 7.34. The standard InChI is InChI=1S/C15H18N4O3/c1-9-5-6-13(22-9)11-8-12(19-18-11)15(21)17-10-4-2-3-7-16-14(10)20/h5-6,8,10H,2-4,7H2,1H3,(H,16,20)(H,17,21)(H,18,19)/t10-/m0/s1. The maximum Gasteiger partial charge on any atom is 0.272 e. The quantitative estimate of drug-likeness (QED) is 0.797. The monoisotopic (exact) mass is 302 g/mol. The number of rotatable bonds is 3. The van der Waals surface area contributed by atoms with Crippen molar-refractivity contribution in [2.45, 2.75) is 32.2 Å². The van der Waals surface area contributed by atoms with Crippen LogP contribution in [-0.4, -0.2) is 34.6 Å². The molecule has 0 bridgehead atoms. The highest BCUT2D eigenvalue weighted by molar-refractivity contribution is 5.96. The molecule has 2 aromatic rings. The predicted molar refractivity (Wildman–Crippen MR) is 79.1 cm³/mol. The van der Waals surface area contributed by atoms with Gasteiger partial charge in [0, 0.05) is 12.6 Å². The van der Waals surface area contributed by atoms with Crippen LogP contribution in [0.15, 0.2) is 22.6 Å². The molecule has 3 N–H and O–H groups in total.